The van der Waals surface area contributed by atoms with E-state index in [-0.39, 0.29) is 5.91 Å². The first kappa shape index (κ1) is 37.9. The standard InChI is InChI=1S/C36H69NO2/c1-2-3-4-5-6-7-8-9-10-13-16-19-22-25-28-31-34-37-36(39)33-30-27-24-21-18-15-12-11-14-17-20-23-26-29-32-35-38/h9-12,38H,2-8,13-35H2,1H3,(H,37,39). The van der Waals surface area contributed by atoms with E-state index in [0.717, 1.165) is 25.8 Å². The molecule has 230 valence electrons. The van der Waals surface area contributed by atoms with Crippen molar-refractivity contribution in [2.45, 2.75) is 187 Å². The number of nitrogens with one attached hydrogen (secondary N) is 1. The molecule has 3 heteroatoms. The molecule has 0 heterocycles. The first-order valence-electron chi connectivity index (χ1n) is 17.5. The molecule has 0 unspecified atom stereocenters. The van der Waals surface area contributed by atoms with Gasteiger partial charge >= 0.3 is 0 Å². The average molecular weight is 548 g/mol. The van der Waals surface area contributed by atoms with Gasteiger partial charge in [0.1, 0.15) is 0 Å². The highest BCUT2D eigenvalue weighted by Crippen LogP contribution is 2.11. The Labute approximate surface area is 245 Å². The maximum absolute atomic E-state index is 12.0. The molecule has 0 aromatic rings. The lowest BCUT2D eigenvalue weighted by Gasteiger charge is -2.05. The molecule has 0 atom stereocenters. The Kier molecular flexibility index (Phi) is 34.0. The van der Waals surface area contributed by atoms with Gasteiger partial charge in [-0.3, -0.25) is 4.79 Å². The van der Waals surface area contributed by atoms with Gasteiger partial charge in [-0.05, 0) is 70.6 Å². The van der Waals surface area contributed by atoms with E-state index < -0.39 is 0 Å². The Morgan fingerprint density at radius 1 is 0.487 bits per heavy atom. The van der Waals surface area contributed by atoms with Gasteiger partial charge < -0.3 is 10.4 Å². The van der Waals surface area contributed by atoms with Crippen LogP contribution in [0.4, 0.5) is 0 Å². The molecule has 0 fully saturated rings. The third-order valence-electron chi connectivity index (χ3n) is 7.73. The molecular formula is C36H69NO2. The molecule has 0 aliphatic heterocycles. The van der Waals surface area contributed by atoms with Crippen LogP contribution >= 0.6 is 0 Å². The molecular weight excluding hydrogens is 478 g/mol. The zero-order chi connectivity index (χ0) is 28.3. The average Bonchev–Trinajstić information content (AvgIpc) is 2.94. The van der Waals surface area contributed by atoms with Crippen LogP contribution in [0.1, 0.15) is 187 Å². The molecule has 0 bridgehead atoms. The molecule has 0 aromatic heterocycles. The molecule has 0 rings (SSSR count). The smallest absolute Gasteiger partial charge is 0.219 e. The van der Waals surface area contributed by atoms with Crippen molar-refractivity contribution >= 4 is 5.91 Å². The summed E-state index contributed by atoms with van der Waals surface area (Å²) < 4.78 is 0. The molecule has 0 saturated carbocycles. The van der Waals surface area contributed by atoms with E-state index in [9.17, 15) is 4.79 Å². The minimum absolute atomic E-state index is 0.249. The summed E-state index contributed by atoms with van der Waals surface area (Å²) in [5.41, 5.74) is 0. The van der Waals surface area contributed by atoms with Crippen LogP contribution in [-0.4, -0.2) is 24.2 Å². The summed E-state index contributed by atoms with van der Waals surface area (Å²) in [6.45, 7) is 3.48. The molecule has 0 spiro atoms. The van der Waals surface area contributed by atoms with E-state index >= 15 is 0 Å². The minimum atomic E-state index is 0.249. The Bertz CT molecular complexity index is 528. The molecule has 0 radical (unpaired) electrons. The van der Waals surface area contributed by atoms with Crippen LogP contribution in [0, 0.1) is 0 Å². The molecule has 2 N–H and O–H groups in total. The topological polar surface area (TPSA) is 49.3 Å². The maximum atomic E-state index is 12.0. The summed E-state index contributed by atoms with van der Waals surface area (Å²) in [5.74, 6) is 0.249. The summed E-state index contributed by atoms with van der Waals surface area (Å²) in [6.07, 6.45) is 44.5. The second-order valence-electron chi connectivity index (χ2n) is 11.7. The van der Waals surface area contributed by atoms with Gasteiger partial charge in [0.2, 0.25) is 5.91 Å². The monoisotopic (exact) mass is 548 g/mol. The predicted octanol–water partition coefficient (Wildman–Crippen LogP) is 11.1. The van der Waals surface area contributed by atoms with Crippen LogP contribution in [-0.2, 0) is 4.79 Å². The number of carbonyl (C=O) groups is 1. The van der Waals surface area contributed by atoms with Gasteiger partial charge in [-0.1, -0.05) is 134 Å². The number of unbranched alkanes of at least 4 members (excludes halogenated alkanes) is 23. The fourth-order valence-corrected chi connectivity index (χ4v) is 5.08. The van der Waals surface area contributed by atoms with Crippen molar-refractivity contribution in [1.82, 2.24) is 5.32 Å². The summed E-state index contributed by atoms with van der Waals surface area (Å²) in [6, 6.07) is 0. The fraction of sp³-hybridized carbons (Fsp3) is 0.861. The van der Waals surface area contributed by atoms with E-state index in [1.165, 1.54) is 154 Å². The van der Waals surface area contributed by atoms with Crippen molar-refractivity contribution < 1.29 is 9.90 Å². The van der Waals surface area contributed by atoms with Crippen LogP contribution in [0.15, 0.2) is 24.3 Å². The lowest BCUT2D eigenvalue weighted by atomic mass is 10.1. The normalized spacial score (nSPS) is 11.7. The Morgan fingerprint density at radius 2 is 0.846 bits per heavy atom. The quantitative estimate of drug-likeness (QED) is 0.0650. The molecule has 0 aliphatic rings. The van der Waals surface area contributed by atoms with Crippen molar-refractivity contribution in [2.24, 2.45) is 0 Å². The highest BCUT2D eigenvalue weighted by atomic mass is 16.2. The number of aliphatic hydroxyl groups is 1. The Hall–Kier alpha value is -1.09. The second kappa shape index (κ2) is 34.9. The molecule has 0 aliphatic carbocycles. The Morgan fingerprint density at radius 3 is 1.28 bits per heavy atom. The number of allylic oxidation sites excluding steroid dienone is 4. The lowest BCUT2D eigenvalue weighted by molar-refractivity contribution is -0.121. The molecule has 39 heavy (non-hydrogen) atoms. The summed E-state index contributed by atoms with van der Waals surface area (Å²) in [5, 5.41) is 11.9. The summed E-state index contributed by atoms with van der Waals surface area (Å²) in [4.78, 5) is 12.0. The molecule has 1 amide bonds. The minimum Gasteiger partial charge on any atom is -0.396 e. The van der Waals surface area contributed by atoms with Crippen LogP contribution in [0.2, 0.25) is 0 Å². The second-order valence-corrected chi connectivity index (χ2v) is 11.7. The third-order valence-corrected chi connectivity index (χ3v) is 7.73. The third kappa shape index (κ3) is 34.9. The van der Waals surface area contributed by atoms with Crippen LogP contribution in [0.25, 0.3) is 0 Å². The number of amides is 1. The van der Waals surface area contributed by atoms with E-state index in [0.29, 0.717) is 13.0 Å². The Balaban J connectivity index is 3.23. The molecule has 0 aromatic carbocycles. The first-order chi connectivity index (χ1) is 19.3. The first-order valence-corrected chi connectivity index (χ1v) is 17.5. The van der Waals surface area contributed by atoms with E-state index in [4.69, 9.17) is 5.11 Å². The van der Waals surface area contributed by atoms with Crippen LogP contribution in [0.3, 0.4) is 0 Å². The number of rotatable bonds is 32. The van der Waals surface area contributed by atoms with Crippen molar-refractivity contribution in [2.75, 3.05) is 13.2 Å². The molecule has 0 saturated heterocycles. The van der Waals surface area contributed by atoms with E-state index in [2.05, 4.69) is 36.5 Å². The zero-order valence-electron chi connectivity index (χ0n) is 26.4. The lowest BCUT2D eigenvalue weighted by Crippen LogP contribution is -2.23. The van der Waals surface area contributed by atoms with Gasteiger partial charge in [-0.2, -0.15) is 0 Å². The number of aliphatic hydroxyl groups excluding tert-OH is 1. The predicted molar refractivity (Wildman–Crippen MR) is 173 cm³/mol. The highest BCUT2D eigenvalue weighted by Gasteiger charge is 2.00. The number of hydrogen-bond acceptors (Lipinski definition) is 2. The van der Waals surface area contributed by atoms with Gasteiger partial charge in [0, 0.05) is 19.6 Å². The van der Waals surface area contributed by atoms with Gasteiger partial charge in [0.05, 0.1) is 0 Å². The maximum Gasteiger partial charge on any atom is 0.219 e. The number of hydrogen-bond donors (Lipinski definition) is 2. The van der Waals surface area contributed by atoms with Gasteiger partial charge in [0.15, 0.2) is 0 Å². The van der Waals surface area contributed by atoms with Crippen molar-refractivity contribution in [3.8, 4) is 0 Å². The van der Waals surface area contributed by atoms with Gasteiger partial charge in [-0.25, -0.2) is 0 Å². The summed E-state index contributed by atoms with van der Waals surface area (Å²) in [7, 11) is 0. The fourth-order valence-electron chi connectivity index (χ4n) is 5.08. The van der Waals surface area contributed by atoms with Gasteiger partial charge in [0.25, 0.3) is 0 Å². The van der Waals surface area contributed by atoms with Crippen molar-refractivity contribution in [3.63, 3.8) is 0 Å². The number of carbonyl (C=O) groups excluding carboxylic acids is 1. The highest BCUT2D eigenvalue weighted by molar-refractivity contribution is 5.75. The largest absolute Gasteiger partial charge is 0.396 e. The zero-order valence-corrected chi connectivity index (χ0v) is 26.4. The van der Waals surface area contributed by atoms with Crippen molar-refractivity contribution in [3.05, 3.63) is 24.3 Å². The summed E-state index contributed by atoms with van der Waals surface area (Å²) >= 11 is 0. The van der Waals surface area contributed by atoms with E-state index in [1.807, 2.05) is 0 Å². The van der Waals surface area contributed by atoms with Crippen LogP contribution in [0.5, 0.6) is 0 Å². The van der Waals surface area contributed by atoms with Crippen molar-refractivity contribution in [1.29, 1.82) is 0 Å². The van der Waals surface area contributed by atoms with E-state index in [1.54, 1.807) is 0 Å². The van der Waals surface area contributed by atoms with Crippen LogP contribution < -0.4 is 5.32 Å². The SMILES string of the molecule is CCCCCCCCC=CCCCCCCCCNC(=O)CCCCCCCC=CCCCCCCCCO. The molecule has 3 nitrogen and oxygen atoms in total. The van der Waals surface area contributed by atoms with Gasteiger partial charge in [-0.15, -0.1) is 0 Å².